The maximum atomic E-state index is 11.6. The average molecular weight is 348 g/mol. The maximum Gasteiger partial charge on any atom is 0.294 e. The molecule has 0 fully saturated rings. The van der Waals surface area contributed by atoms with Crippen LogP contribution in [-0.2, 0) is 19.6 Å². The Bertz CT molecular complexity index is 673. The number of ketones is 1. The number of anilines is 1. The molecule has 0 radical (unpaired) electrons. The number of primary sulfonamides is 1. The Morgan fingerprint density at radius 2 is 1.65 bits per heavy atom. The number of aliphatic hydroxyl groups excluding tert-OH is 4. The van der Waals surface area contributed by atoms with Gasteiger partial charge in [0.25, 0.3) is 11.7 Å². The number of hydrogen-bond acceptors (Lipinski definition) is 8. The minimum absolute atomic E-state index is 0.0418. The smallest absolute Gasteiger partial charge is 0.294 e. The quantitative estimate of drug-likeness (QED) is 0.280. The number of rotatable bonds is 7. The SMILES string of the molecule is NS(=O)(=O)c1ccc(NC(=O)C(=O)[C@H](O)[C@@H](O)[C@H](O)CO)cc1. The van der Waals surface area contributed by atoms with Crippen molar-refractivity contribution in [3.05, 3.63) is 24.3 Å². The fraction of sp³-hybridized carbons (Fsp3) is 0.333. The molecule has 1 aromatic rings. The van der Waals surface area contributed by atoms with Crippen LogP contribution in [0.3, 0.4) is 0 Å². The molecule has 0 aliphatic carbocycles. The van der Waals surface area contributed by atoms with E-state index < -0.39 is 46.6 Å². The second-order valence-corrected chi connectivity index (χ2v) is 6.13. The molecule has 11 heteroatoms. The van der Waals surface area contributed by atoms with Gasteiger partial charge in [0.05, 0.1) is 11.5 Å². The van der Waals surface area contributed by atoms with Gasteiger partial charge in [-0.05, 0) is 24.3 Å². The van der Waals surface area contributed by atoms with Crippen LogP contribution in [0.1, 0.15) is 0 Å². The summed E-state index contributed by atoms with van der Waals surface area (Å²) in [6.07, 6.45) is -6.07. The van der Waals surface area contributed by atoms with E-state index in [1.54, 1.807) is 0 Å². The number of nitrogens with one attached hydrogen (secondary N) is 1. The Labute approximate surface area is 131 Å². The van der Waals surface area contributed by atoms with Gasteiger partial charge in [0.15, 0.2) is 6.10 Å². The van der Waals surface area contributed by atoms with Crippen molar-refractivity contribution < 1.29 is 38.4 Å². The summed E-state index contributed by atoms with van der Waals surface area (Å²) in [5.41, 5.74) is 0.0418. The van der Waals surface area contributed by atoms with E-state index >= 15 is 0 Å². The second-order valence-electron chi connectivity index (χ2n) is 4.57. The van der Waals surface area contributed by atoms with Crippen LogP contribution in [-0.4, -0.2) is 65.5 Å². The van der Waals surface area contributed by atoms with Crippen LogP contribution in [0.15, 0.2) is 29.2 Å². The normalized spacial score (nSPS) is 15.5. The van der Waals surface area contributed by atoms with Gasteiger partial charge in [0.1, 0.15) is 12.2 Å². The topological polar surface area (TPSA) is 187 Å². The van der Waals surface area contributed by atoms with Gasteiger partial charge < -0.3 is 25.7 Å². The van der Waals surface area contributed by atoms with Gasteiger partial charge in [-0.3, -0.25) is 9.59 Å². The van der Waals surface area contributed by atoms with Gasteiger partial charge in [-0.15, -0.1) is 0 Å². The zero-order valence-corrected chi connectivity index (χ0v) is 12.5. The van der Waals surface area contributed by atoms with Gasteiger partial charge in [-0.2, -0.15) is 0 Å². The van der Waals surface area contributed by atoms with Gasteiger partial charge >= 0.3 is 0 Å². The largest absolute Gasteiger partial charge is 0.394 e. The van der Waals surface area contributed by atoms with Crippen molar-refractivity contribution in [3.8, 4) is 0 Å². The highest BCUT2D eigenvalue weighted by Crippen LogP contribution is 2.13. The van der Waals surface area contributed by atoms with Gasteiger partial charge in [-0.1, -0.05) is 0 Å². The van der Waals surface area contributed by atoms with Crippen LogP contribution in [0.2, 0.25) is 0 Å². The van der Waals surface area contributed by atoms with Crippen LogP contribution in [0.4, 0.5) is 5.69 Å². The van der Waals surface area contributed by atoms with Crippen LogP contribution < -0.4 is 10.5 Å². The molecule has 3 atom stereocenters. The van der Waals surface area contributed by atoms with E-state index in [2.05, 4.69) is 5.32 Å². The number of sulfonamides is 1. The highest BCUT2D eigenvalue weighted by Gasteiger charge is 2.33. The third-order valence-electron chi connectivity index (χ3n) is 2.84. The molecule has 0 spiro atoms. The number of Topliss-reactive ketones (excluding diaryl/α,β-unsaturated/α-hetero) is 1. The molecule has 1 aromatic carbocycles. The number of benzene rings is 1. The molecule has 10 nitrogen and oxygen atoms in total. The van der Waals surface area contributed by atoms with E-state index in [9.17, 15) is 28.2 Å². The maximum absolute atomic E-state index is 11.6. The molecular weight excluding hydrogens is 332 g/mol. The Morgan fingerprint density at radius 3 is 2.09 bits per heavy atom. The molecule has 0 aromatic heterocycles. The van der Waals surface area contributed by atoms with Crippen LogP contribution >= 0.6 is 0 Å². The Morgan fingerprint density at radius 1 is 1.13 bits per heavy atom. The molecule has 0 bridgehead atoms. The van der Waals surface area contributed by atoms with E-state index in [-0.39, 0.29) is 10.6 Å². The molecule has 0 saturated heterocycles. The van der Waals surface area contributed by atoms with Crippen LogP contribution in [0.25, 0.3) is 0 Å². The molecule has 23 heavy (non-hydrogen) atoms. The molecule has 0 saturated carbocycles. The minimum Gasteiger partial charge on any atom is -0.394 e. The lowest BCUT2D eigenvalue weighted by atomic mass is 10.0. The Hall–Kier alpha value is -1.89. The number of hydrogen-bond donors (Lipinski definition) is 6. The lowest BCUT2D eigenvalue weighted by Crippen LogP contribution is -2.47. The molecule has 1 rings (SSSR count). The molecular formula is C12H16N2O8S. The number of amides is 1. The van der Waals surface area contributed by atoms with Crippen molar-refractivity contribution in [2.24, 2.45) is 5.14 Å². The molecule has 1 amide bonds. The van der Waals surface area contributed by atoms with Crippen LogP contribution in [0, 0.1) is 0 Å². The van der Waals surface area contributed by atoms with E-state index in [4.69, 9.17) is 15.4 Å². The summed E-state index contributed by atoms with van der Waals surface area (Å²) in [4.78, 5) is 23.0. The lowest BCUT2D eigenvalue weighted by molar-refractivity contribution is -0.148. The third kappa shape index (κ3) is 5.06. The molecule has 0 unspecified atom stereocenters. The summed E-state index contributed by atoms with van der Waals surface area (Å²) >= 11 is 0. The summed E-state index contributed by atoms with van der Waals surface area (Å²) in [5.74, 6) is -2.74. The first-order chi connectivity index (χ1) is 10.6. The van der Waals surface area contributed by atoms with Crippen molar-refractivity contribution in [1.82, 2.24) is 0 Å². The summed E-state index contributed by atoms with van der Waals surface area (Å²) in [6.45, 7) is -0.915. The van der Waals surface area contributed by atoms with Gasteiger partial charge in [0, 0.05) is 5.69 Å². The molecule has 0 aliphatic heterocycles. The van der Waals surface area contributed by atoms with E-state index in [0.29, 0.717) is 0 Å². The number of carbonyl (C=O) groups excluding carboxylic acids is 2. The summed E-state index contributed by atoms with van der Waals surface area (Å²) in [6, 6.07) is 4.51. The predicted octanol–water partition coefficient (Wildman–Crippen LogP) is -3.08. The number of nitrogens with two attached hydrogens (primary N) is 1. The Kier molecular flexibility index (Phi) is 6.32. The first-order valence-electron chi connectivity index (χ1n) is 6.21. The van der Waals surface area contributed by atoms with Crippen molar-refractivity contribution in [2.75, 3.05) is 11.9 Å². The zero-order valence-electron chi connectivity index (χ0n) is 11.7. The fourth-order valence-corrected chi connectivity index (χ4v) is 2.04. The van der Waals surface area contributed by atoms with Gasteiger partial charge in [-0.25, -0.2) is 13.6 Å². The summed E-state index contributed by atoms with van der Waals surface area (Å²) in [5, 5.41) is 43.5. The van der Waals surface area contributed by atoms with E-state index in [0.717, 1.165) is 24.3 Å². The molecule has 128 valence electrons. The van der Waals surface area contributed by atoms with E-state index in [1.165, 1.54) is 0 Å². The number of aliphatic hydroxyl groups is 4. The second kappa shape index (κ2) is 7.59. The Balaban J connectivity index is 2.77. The van der Waals surface area contributed by atoms with Gasteiger partial charge in [0.2, 0.25) is 10.0 Å². The first-order valence-corrected chi connectivity index (χ1v) is 7.75. The zero-order chi connectivity index (χ0) is 17.8. The summed E-state index contributed by atoms with van der Waals surface area (Å²) < 4.78 is 22.1. The van der Waals surface area contributed by atoms with E-state index in [1.807, 2.05) is 0 Å². The number of carbonyl (C=O) groups is 2. The predicted molar refractivity (Wildman–Crippen MR) is 76.6 cm³/mol. The monoisotopic (exact) mass is 348 g/mol. The lowest BCUT2D eigenvalue weighted by Gasteiger charge is -2.19. The van der Waals surface area contributed by atoms with Crippen molar-refractivity contribution in [2.45, 2.75) is 23.2 Å². The molecule has 0 aliphatic rings. The first kappa shape index (κ1) is 19.2. The average Bonchev–Trinajstić information content (AvgIpc) is 2.51. The minimum atomic E-state index is -3.91. The van der Waals surface area contributed by atoms with Crippen molar-refractivity contribution in [1.29, 1.82) is 0 Å². The molecule has 7 N–H and O–H groups in total. The fourth-order valence-electron chi connectivity index (χ4n) is 1.53. The van der Waals surface area contributed by atoms with Crippen LogP contribution in [0.5, 0.6) is 0 Å². The molecule has 0 heterocycles. The third-order valence-corrected chi connectivity index (χ3v) is 3.77. The highest BCUT2D eigenvalue weighted by molar-refractivity contribution is 7.89. The highest BCUT2D eigenvalue weighted by atomic mass is 32.2. The standard InChI is InChI=1S/C12H16N2O8S/c13-23(21,22)7-3-1-6(2-4-7)14-12(20)11(19)10(18)9(17)8(16)5-15/h1-4,8-10,15-18H,5H2,(H,14,20)(H2,13,21,22)/t8-,9+,10-/m1/s1. The van der Waals surface area contributed by atoms with Crippen molar-refractivity contribution in [3.63, 3.8) is 0 Å². The van der Waals surface area contributed by atoms with Crippen molar-refractivity contribution >= 4 is 27.4 Å². The summed E-state index contributed by atoms with van der Waals surface area (Å²) in [7, 11) is -3.91.